The van der Waals surface area contributed by atoms with Gasteiger partial charge in [-0.05, 0) is 63.0 Å². The van der Waals surface area contributed by atoms with Gasteiger partial charge in [-0.15, -0.1) is 0 Å². The summed E-state index contributed by atoms with van der Waals surface area (Å²) in [5, 5.41) is 6.89. The van der Waals surface area contributed by atoms with Gasteiger partial charge < -0.3 is 4.42 Å². The molecular weight excluding hydrogens is 550 g/mol. The maximum atomic E-state index is 6.36. The zero-order valence-electron chi connectivity index (χ0n) is 24.2. The second-order valence-electron chi connectivity index (χ2n) is 11.3. The van der Waals surface area contributed by atoms with Crippen LogP contribution in [0.15, 0.2) is 156 Å². The third kappa shape index (κ3) is 4.43. The van der Waals surface area contributed by atoms with Crippen LogP contribution in [0.4, 0.5) is 0 Å². The Bertz CT molecular complexity index is 2550. The first-order valence-corrected chi connectivity index (χ1v) is 15.0. The zero-order chi connectivity index (χ0) is 29.7. The minimum atomic E-state index is 0.579. The van der Waals surface area contributed by atoms with E-state index in [0.717, 1.165) is 49.4 Å². The summed E-state index contributed by atoms with van der Waals surface area (Å²) in [4.78, 5) is 15.0. The van der Waals surface area contributed by atoms with Crippen molar-refractivity contribution in [1.29, 1.82) is 0 Å². The van der Waals surface area contributed by atoms with Crippen molar-refractivity contribution < 1.29 is 4.42 Å². The van der Waals surface area contributed by atoms with Gasteiger partial charge in [0.25, 0.3) is 0 Å². The summed E-state index contributed by atoms with van der Waals surface area (Å²) in [6, 6.07) is 52.4. The van der Waals surface area contributed by atoms with Gasteiger partial charge in [0.15, 0.2) is 17.5 Å². The van der Waals surface area contributed by atoms with Crippen molar-refractivity contribution in [3.8, 4) is 45.3 Å². The van der Waals surface area contributed by atoms with Gasteiger partial charge in [-0.1, -0.05) is 121 Å². The molecule has 7 aromatic carbocycles. The molecule has 0 amide bonds. The molecule has 0 fully saturated rings. The Hall–Kier alpha value is -6.13. The number of benzene rings is 7. The minimum Gasteiger partial charge on any atom is -0.455 e. The van der Waals surface area contributed by atoms with E-state index in [1.807, 2.05) is 60.7 Å². The second kappa shape index (κ2) is 10.2. The van der Waals surface area contributed by atoms with Crippen LogP contribution in [-0.4, -0.2) is 15.0 Å². The molecule has 0 bridgehead atoms. The van der Waals surface area contributed by atoms with Gasteiger partial charge in [0.2, 0.25) is 0 Å². The van der Waals surface area contributed by atoms with Crippen molar-refractivity contribution in [1.82, 2.24) is 15.0 Å². The van der Waals surface area contributed by atoms with E-state index in [4.69, 9.17) is 19.4 Å². The summed E-state index contributed by atoms with van der Waals surface area (Å²) in [6.07, 6.45) is 0. The average molecular weight is 576 g/mol. The van der Waals surface area contributed by atoms with Crippen molar-refractivity contribution in [2.24, 2.45) is 0 Å². The lowest BCUT2D eigenvalue weighted by atomic mass is 9.98. The Kier molecular flexibility index (Phi) is 5.78. The number of hydrogen-bond acceptors (Lipinski definition) is 4. The summed E-state index contributed by atoms with van der Waals surface area (Å²) >= 11 is 0. The van der Waals surface area contributed by atoms with Crippen LogP contribution < -0.4 is 0 Å². The smallest absolute Gasteiger partial charge is 0.167 e. The first-order chi connectivity index (χ1) is 22.3. The molecule has 2 heterocycles. The van der Waals surface area contributed by atoms with Gasteiger partial charge in [0, 0.05) is 21.9 Å². The van der Waals surface area contributed by atoms with Gasteiger partial charge >= 0.3 is 0 Å². The topological polar surface area (TPSA) is 51.8 Å². The summed E-state index contributed by atoms with van der Waals surface area (Å²) in [5.41, 5.74) is 6.70. The Morgan fingerprint density at radius 2 is 0.911 bits per heavy atom. The molecule has 0 spiro atoms. The van der Waals surface area contributed by atoms with Gasteiger partial charge in [-0.2, -0.15) is 0 Å². The van der Waals surface area contributed by atoms with Crippen LogP contribution in [0.5, 0.6) is 0 Å². The first-order valence-electron chi connectivity index (χ1n) is 15.0. The quantitative estimate of drug-likeness (QED) is 0.209. The summed E-state index contributed by atoms with van der Waals surface area (Å²) in [5.74, 6) is 1.82. The lowest BCUT2D eigenvalue weighted by Crippen LogP contribution is -2.00. The standard InChI is InChI=1S/C41H25N3O/c1-2-10-27(11-3-1)39-42-40(44-41(43-39)36-15-8-14-35-34-13-6-7-16-37(34)45-38(35)36)33-22-21-31-24-30(19-20-32(31)25-33)29-18-17-26-9-4-5-12-28(26)23-29/h1-25H. The summed E-state index contributed by atoms with van der Waals surface area (Å²) < 4.78 is 6.36. The molecule has 0 N–H and O–H groups in total. The van der Waals surface area contributed by atoms with E-state index in [0.29, 0.717) is 17.5 Å². The van der Waals surface area contributed by atoms with Crippen LogP contribution in [0.2, 0.25) is 0 Å². The molecule has 9 rings (SSSR count). The van der Waals surface area contributed by atoms with Crippen LogP contribution in [0.3, 0.4) is 0 Å². The second-order valence-corrected chi connectivity index (χ2v) is 11.3. The highest BCUT2D eigenvalue weighted by Crippen LogP contribution is 2.36. The first kappa shape index (κ1) is 25.4. The summed E-state index contributed by atoms with van der Waals surface area (Å²) in [6.45, 7) is 0. The fourth-order valence-corrected chi connectivity index (χ4v) is 6.20. The zero-order valence-corrected chi connectivity index (χ0v) is 24.2. The number of nitrogens with zero attached hydrogens (tertiary/aromatic N) is 3. The molecule has 0 aliphatic rings. The van der Waals surface area contributed by atoms with Gasteiger partial charge in [0.1, 0.15) is 11.2 Å². The van der Waals surface area contributed by atoms with E-state index < -0.39 is 0 Å². The van der Waals surface area contributed by atoms with Gasteiger partial charge in [-0.3, -0.25) is 0 Å². The lowest BCUT2D eigenvalue weighted by molar-refractivity contribution is 0.669. The third-order valence-electron chi connectivity index (χ3n) is 8.49. The van der Waals surface area contributed by atoms with Gasteiger partial charge in [-0.25, -0.2) is 15.0 Å². The normalized spacial score (nSPS) is 11.6. The van der Waals surface area contributed by atoms with Crippen LogP contribution in [0.25, 0.3) is 88.8 Å². The predicted molar refractivity (Wildman–Crippen MR) is 184 cm³/mol. The molecule has 0 radical (unpaired) electrons. The van der Waals surface area contributed by atoms with Crippen molar-refractivity contribution in [2.45, 2.75) is 0 Å². The molecule has 0 saturated carbocycles. The molecule has 9 aromatic rings. The van der Waals surface area contributed by atoms with Crippen molar-refractivity contribution in [3.05, 3.63) is 152 Å². The largest absolute Gasteiger partial charge is 0.455 e. The molecule has 45 heavy (non-hydrogen) atoms. The van der Waals surface area contributed by atoms with E-state index in [-0.39, 0.29) is 0 Å². The molecule has 0 aliphatic heterocycles. The highest BCUT2D eigenvalue weighted by atomic mass is 16.3. The highest BCUT2D eigenvalue weighted by Gasteiger charge is 2.17. The van der Waals surface area contributed by atoms with E-state index in [1.54, 1.807) is 0 Å². The van der Waals surface area contributed by atoms with Crippen molar-refractivity contribution >= 4 is 43.5 Å². The molecular formula is C41H25N3O. The Morgan fingerprint density at radius 1 is 0.356 bits per heavy atom. The number of aromatic nitrogens is 3. The van der Waals surface area contributed by atoms with Crippen LogP contribution in [0, 0.1) is 0 Å². The van der Waals surface area contributed by atoms with Crippen molar-refractivity contribution in [3.63, 3.8) is 0 Å². The molecule has 0 aliphatic carbocycles. The van der Waals surface area contributed by atoms with Crippen LogP contribution in [0.1, 0.15) is 0 Å². The molecule has 4 heteroatoms. The molecule has 0 saturated heterocycles. The van der Waals surface area contributed by atoms with E-state index >= 15 is 0 Å². The van der Waals surface area contributed by atoms with Crippen molar-refractivity contribution in [2.75, 3.05) is 0 Å². The number of furan rings is 1. The Balaban J connectivity index is 1.18. The number of fused-ring (bicyclic) bond motifs is 5. The maximum Gasteiger partial charge on any atom is 0.167 e. The molecule has 0 unspecified atom stereocenters. The highest BCUT2D eigenvalue weighted by molar-refractivity contribution is 6.09. The Labute approximate surface area is 259 Å². The SMILES string of the molecule is c1ccc(-c2nc(-c3ccc4cc(-c5ccc6ccccc6c5)ccc4c3)nc(-c3cccc4c3oc3ccccc34)n2)cc1. The van der Waals surface area contributed by atoms with Crippen LogP contribution in [-0.2, 0) is 0 Å². The average Bonchev–Trinajstić information content (AvgIpc) is 3.50. The molecule has 0 atom stereocenters. The maximum absolute atomic E-state index is 6.36. The Morgan fingerprint density at radius 3 is 1.71 bits per heavy atom. The fourth-order valence-electron chi connectivity index (χ4n) is 6.20. The third-order valence-corrected chi connectivity index (χ3v) is 8.49. The summed E-state index contributed by atoms with van der Waals surface area (Å²) in [7, 11) is 0. The monoisotopic (exact) mass is 575 g/mol. The molecule has 2 aromatic heterocycles. The lowest BCUT2D eigenvalue weighted by Gasteiger charge is -2.10. The van der Waals surface area contributed by atoms with E-state index in [2.05, 4.69) is 91.0 Å². The number of para-hydroxylation sites is 2. The molecule has 4 nitrogen and oxygen atoms in total. The van der Waals surface area contributed by atoms with E-state index in [1.165, 1.54) is 21.9 Å². The minimum absolute atomic E-state index is 0.579. The van der Waals surface area contributed by atoms with Crippen LogP contribution >= 0.6 is 0 Å². The van der Waals surface area contributed by atoms with Gasteiger partial charge in [0.05, 0.1) is 5.56 Å². The fraction of sp³-hybridized carbons (Fsp3) is 0. The van der Waals surface area contributed by atoms with E-state index in [9.17, 15) is 0 Å². The number of rotatable bonds is 4. The number of hydrogen-bond donors (Lipinski definition) is 0. The predicted octanol–water partition coefficient (Wildman–Crippen LogP) is 10.7. The molecule has 210 valence electrons.